The molecule has 0 spiro atoms. The van der Waals surface area contributed by atoms with Crippen LogP contribution in [0.15, 0.2) is 224 Å². The molecule has 0 saturated carbocycles. The largest absolute Gasteiger partial charge is 0.228 e. The van der Waals surface area contributed by atoms with Gasteiger partial charge in [0.15, 0.2) is 23.3 Å². The van der Waals surface area contributed by atoms with E-state index < -0.39 is 5.41 Å². The number of rotatable bonds is 8. The minimum absolute atomic E-state index is 0.553. The lowest BCUT2D eigenvalue weighted by Crippen LogP contribution is -2.28. The highest BCUT2D eigenvalue weighted by Crippen LogP contribution is 2.58. The third-order valence-corrected chi connectivity index (χ3v) is 11.6. The van der Waals surface area contributed by atoms with E-state index in [1.165, 1.54) is 22.3 Å². The molecule has 0 fully saturated rings. The molecule has 5 nitrogen and oxygen atoms in total. The third kappa shape index (κ3) is 6.31. The van der Waals surface area contributed by atoms with Gasteiger partial charge < -0.3 is 0 Å². The number of hydrogen-bond donors (Lipinski definition) is 0. The molecule has 0 saturated heterocycles. The Hall–Kier alpha value is -8.15. The highest BCUT2D eigenvalue weighted by Gasteiger charge is 2.46. The Morgan fingerprint density at radius 3 is 1.18 bits per heavy atom. The number of aromatic nitrogens is 5. The van der Waals surface area contributed by atoms with Crippen LogP contribution < -0.4 is 0 Å². The quantitative estimate of drug-likeness (QED) is 0.154. The van der Waals surface area contributed by atoms with Crippen LogP contribution in [0.2, 0.25) is 0 Å². The maximum atomic E-state index is 5.40. The van der Waals surface area contributed by atoms with Gasteiger partial charge in [0.05, 0.1) is 16.8 Å². The van der Waals surface area contributed by atoms with Crippen LogP contribution in [0.4, 0.5) is 0 Å². The minimum Gasteiger partial charge on any atom is -0.228 e. The Balaban J connectivity index is 1.28. The monoisotopic (exact) mass is 779 g/mol. The molecule has 11 rings (SSSR count). The SMILES string of the molecule is c1ccc(-c2cc(-c3cc4c(cc3-c3nc(-c5ccccc5)nc(-c5ccccc5)n3)C(c3ccccc3)(c3ccccc3)c3ccccc3-4)nc(-c3ccccc3)n2)cc1. The van der Waals surface area contributed by atoms with E-state index in [9.17, 15) is 0 Å². The molecule has 0 atom stereocenters. The molecule has 0 aliphatic heterocycles. The van der Waals surface area contributed by atoms with E-state index in [2.05, 4.69) is 127 Å². The second-order valence-corrected chi connectivity index (χ2v) is 15.2. The highest BCUT2D eigenvalue weighted by atomic mass is 15.0. The minimum atomic E-state index is -0.644. The van der Waals surface area contributed by atoms with Crippen LogP contribution in [0.25, 0.3) is 79.2 Å². The fourth-order valence-electron chi connectivity index (χ4n) is 8.87. The maximum Gasteiger partial charge on any atom is 0.164 e. The summed E-state index contributed by atoms with van der Waals surface area (Å²) in [6.45, 7) is 0. The van der Waals surface area contributed by atoms with Gasteiger partial charge in [-0.1, -0.05) is 206 Å². The van der Waals surface area contributed by atoms with Gasteiger partial charge in [0, 0.05) is 33.4 Å². The summed E-state index contributed by atoms with van der Waals surface area (Å²) in [7, 11) is 0. The molecule has 2 aromatic heterocycles. The lowest BCUT2D eigenvalue weighted by atomic mass is 9.67. The lowest BCUT2D eigenvalue weighted by Gasteiger charge is -2.34. The number of hydrogen-bond acceptors (Lipinski definition) is 5. The Labute approximate surface area is 354 Å². The van der Waals surface area contributed by atoms with Crippen LogP contribution in [-0.2, 0) is 5.41 Å². The molecule has 0 N–H and O–H groups in total. The first kappa shape index (κ1) is 36.0. The topological polar surface area (TPSA) is 64.5 Å². The summed E-state index contributed by atoms with van der Waals surface area (Å²) < 4.78 is 0. The Kier molecular flexibility index (Phi) is 8.98. The smallest absolute Gasteiger partial charge is 0.164 e. The molecule has 1 aliphatic carbocycles. The molecule has 0 unspecified atom stereocenters. The predicted molar refractivity (Wildman–Crippen MR) is 245 cm³/mol. The standard InChI is InChI=1S/C56H37N5/c1-7-21-38(22-8-1)50-37-51(58-52(57-50)39-23-9-2-10-24-39)46-35-45-44-33-19-20-34-48(44)56(42-29-15-5-16-30-42,43-31-17-6-18-32-43)49(45)36-47(46)55-60-53(40-25-11-3-12-26-40)59-54(61-55)41-27-13-4-14-28-41/h1-37H. The van der Waals surface area contributed by atoms with Crippen LogP contribution in [0.5, 0.6) is 0 Å². The first-order valence-corrected chi connectivity index (χ1v) is 20.5. The van der Waals surface area contributed by atoms with Crippen molar-refractivity contribution < 1.29 is 0 Å². The number of fused-ring (bicyclic) bond motifs is 3. The van der Waals surface area contributed by atoms with Gasteiger partial charge in [0.1, 0.15) is 0 Å². The van der Waals surface area contributed by atoms with Crippen molar-refractivity contribution in [2.45, 2.75) is 5.41 Å². The zero-order valence-electron chi connectivity index (χ0n) is 33.1. The Bertz CT molecular complexity index is 3000. The van der Waals surface area contributed by atoms with Crippen molar-refractivity contribution in [3.63, 3.8) is 0 Å². The normalized spacial score (nSPS) is 12.4. The first-order valence-electron chi connectivity index (χ1n) is 20.5. The van der Waals surface area contributed by atoms with Gasteiger partial charge in [-0.2, -0.15) is 0 Å². The van der Waals surface area contributed by atoms with Crippen molar-refractivity contribution in [1.82, 2.24) is 24.9 Å². The summed E-state index contributed by atoms with van der Waals surface area (Å²) in [6, 6.07) is 78.1. The fourth-order valence-corrected chi connectivity index (χ4v) is 8.87. The van der Waals surface area contributed by atoms with Crippen molar-refractivity contribution in [2.75, 3.05) is 0 Å². The van der Waals surface area contributed by atoms with E-state index in [1.54, 1.807) is 0 Å². The van der Waals surface area contributed by atoms with Crippen LogP contribution in [-0.4, -0.2) is 24.9 Å². The third-order valence-electron chi connectivity index (χ3n) is 11.6. The summed E-state index contributed by atoms with van der Waals surface area (Å²) in [5.74, 6) is 2.37. The van der Waals surface area contributed by atoms with E-state index in [1.807, 2.05) is 97.1 Å². The van der Waals surface area contributed by atoms with Gasteiger partial charge in [-0.3, -0.25) is 0 Å². The molecule has 0 radical (unpaired) electrons. The van der Waals surface area contributed by atoms with Gasteiger partial charge in [0.25, 0.3) is 0 Å². The van der Waals surface area contributed by atoms with Crippen LogP contribution >= 0.6 is 0 Å². The van der Waals surface area contributed by atoms with Crippen molar-refractivity contribution in [2.24, 2.45) is 0 Å². The lowest BCUT2D eigenvalue weighted by molar-refractivity contribution is 0.768. The molecular weight excluding hydrogens is 743 g/mol. The maximum absolute atomic E-state index is 5.40. The van der Waals surface area contributed by atoms with Crippen LogP contribution in [0.1, 0.15) is 22.3 Å². The molecule has 2 heterocycles. The number of nitrogens with zero attached hydrogens (tertiary/aromatic N) is 5. The van der Waals surface area contributed by atoms with Crippen molar-refractivity contribution >= 4 is 0 Å². The molecule has 0 amide bonds. The zero-order chi connectivity index (χ0) is 40.6. The van der Waals surface area contributed by atoms with Crippen LogP contribution in [0.3, 0.4) is 0 Å². The van der Waals surface area contributed by atoms with Crippen molar-refractivity contribution in [3.8, 4) is 79.2 Å². The molecular formula is C56H37N5. The Morgan fingerprint density at radius 1 is 0.246 bits per heavy atom. The summed E-state index contributed by atoms with van der Waals surface area (Å²) in [6.07, 6.45) is 0. The van der Waals surface area contributed by atoms with Gasteiger partial charge in [-0.15, -0.1) is 0 Å². The Morgan fingerprint density at radius 2 is 0.656 bits per heavy atom. The van der Waals surface area contributed by atoms with Crippen LogP contribution in [0, 0.1) is 0 Å². The van der Waals surface area contributed by atoms with E-state index in [-0.39, 0.29) is 0 Å². The van der Waals surface area contributed by atoms with Crippen molar-refractivity contribution in [1.29, 1.82) is 0 Å². The second kappa shape index (κ2) is 15.2. The first-order chi connectivity index (χ1) is 30.2. The van der Waals surface area contributed by atoms with Gasteiger partial charge in [-0.05, 0) is 51.6 Å². The van der Waals surface area contributed by atoms with Crippen molar-refractivity contribution in [3.05, 3.63) is 247 Å². The van der Waals surface area contributed by atoms with Gasteiger partial charge >= 0.3 is 0 Å². The summed E-state index contributed by atoms with van der Waals surface area (Å²) >= 11 is 0. The second-order valence-electron chi connectivity index (χ2n) is 15.2. The average Bonchev–Trinajstić information content (AvgIpc) is 3.65. The predicted octanol–water partition coefficient (Wildman–Crippen LogP) is 13.0. The molecule has 10 aromatic rings. The molecule has 0 bridgehead atoms. The summed E-state index contributed by atoms with van der Waals surface area (Å²) in [4.78, 5) is 26.4. The summed E-state index contributed by atoms with van der Waals surface area (Å²) in [5.41, 5.74) is 13.4. The zero-order valence-corrected chi connectivity index (χ0v) is 33.1. The summed E-state index contributed by atoms with van der Waals surface area (Å²) in [5, 5.41) is 0. The molecule has 61 heavy (non-hydrogen) atoms. The fraction of sp³-hybridized carbons (Fsp3) is 0.0179. The van der Waals surface area contributed by atoms with E-state index in [0.29, 0.717) is 23.3 Å². The molecule has 5 heteroatoms. The number of benzene rings is 8. The van der Waals surface area contributed by atoms with E-state index in [0.717, 1.165) is 55.9 Å². The van der Waals surface area contributed by atoms with Gasteiger partial charge in [0.2, 0.25) is 0 Å². The highest BCUT2D eigenvalue weighted by molar-refractivity contribution is 5.94. The van der Waals surface area contributed by atoms with E-state index >= 15 is 0 Å². The average molecular weight is 780 g/mol. The van der Waals surface area contributed by atoms with Gasteiger partial charge in [-0.25, -0.2) is 24.9 Å². The van der Waals surface area contributed by atoms with E-state index in [4.69, 9.17) is 24.9 Å². The molecule has 286 valence electrons. The molecule has 1 aliphatic rings. The molecule has 8 aromatic carbocycles.